The number of nitrogens with zero attached hydrogens (tertiary/aromatic N) is 4. The predicted molar refractivity (Wildman–Crippen MR) is 97.8 cm³/mol. The minimum absolute atomic E-state index is 0.258. The molecule has 2 aromatic heterocycles. The number of rotatable bonds is 7. The Hall–Kier alpha value is -1.73. The number of piperidine rings is 1. The van der Waals surface area contributed by atoms with Gasteiger partial charge in [-0.15, -0.1) is 11.3 Å². The number of likely N-dealkylation sites (tertiary alicyclic amines) is 1. The first-order chi connectivity index (χ1) is 12.2. The van der Waals surface area contributed by atoms with Gasteiger partial charge in [0.25, 0.3) is 0 Å². The van der Waals surface area contributed by atoms with E-state index in [1.165, 1.54) is 4.88 Å². The summed E-state index contributed by atoms with van der Waals surface area (Å²) in [6, 6.07) is 0. The van der Waals surface area contributed by atoms with Crippen LogP contribution >= 0.6 is 11.3 Å². The van der Waals surface area contributed by atoms with Gasteiger partial charge in [0, 0.05) is 56.4 Å². The Morgan fingerprint density at radius 3 is 2.84 bits per heavy atom. The molecule has 0 N–H and O–H groups in total. The van der Waals surface area contributed by atoms with Crippen molar-refractivity contribution in [1.29, 1.82) is 0 Å². The minimum atomic E-state index is 0.258. The fourth-order valence-corrected chi connectivity index (χ4v) is 4.17. The lowest BCUT2D eigenvalue weighted by Crippen LogP contribution is -2.38. The van der Waals surface area contributed by atoms with Crippen LogP contribution in [0, 0.1) is 6.92 Å². The van der Waals surface area contributed by atoms with Gasteiger partial charge in [-0.3, -0.25) is 4.79 Å². The summed E-state index contributed by atoms with van der Waals surface area (Å²) < 4.78 is 7.35. The number of thiazole rings is 1. The number of ether oxygens (including phenoxy) is 1. The third kappa shape index (κ3) is 4.46. The molecule has 6 nitrogen and oxygen atoms in total. The van der Waals surface area contributed by atoms with E-state index >= 15 is 0 Å². The van der Waals surface area contributed by atoms with Gasteiger partial charge in [0.05, 0.1) is 17.8 Å². The molecule has 1 aliphatic rings. The fourth-order valence-electron chi connectivity index (χ4n) is 3.39. The van der Waals surface area contributed by atoms with Gasteiger partial charge in [0.1, 0.15) is 5.82 Å². The molecule has 0 spiro atoms. The first-order valence-electron chi connectivity index (χ1n) is 8.85. The van der Waals surface area contributed by atoms with Crippen molar-refractivity contribution in [3.8, 4) is 0 Å². The van der Waals surface area contributed by atoms with E-state index in [1.54, 1.807) is 18.4 Å². The molecule has 0 aromatic carbocycles. The summed E-state index contributed by atoms with van der Waals surface area (Å²) in [4.78, 5) is 24.5. The topological polar surface area (TPSA) is 60.2 Å². The highest BCUT2D eigenvalue weighted by Crippen LogP contribution is 2.27. The van der Waals surface area contributed by atoms with Crippen molar-refractivity contribution in [1.82, 2.24) is 19.4 Å². The highest BCUT2D eigenvalue weighted by Gasteiger charge is 2.26. The number of carbonyl (C=O) groups is 1. The summed E-state index contributed by atoms with van der Waals surface area (Å²) in [6.45, 7) is 5.18. The number of methoxy groups -OCH3 is 1. The van der Waals surface area contributed by atoms with Gasteiger partial charge >= 0.3 is 0 Å². The van der Waals surface area contributed by atoms with Gasteiger partial charge in [0.15, 0.2) is 0 Å². The average Bonchev–Trinajstić information content (AvgIpc) is 3.26. The Balaban J connectivity index is 1.49. The molecule has 25 heavy (non-hydrogen) atoms. The molecular formula is C18H26N4O2S. The zero-order valence-corrected chi connectivity index (χ0v) is 15.8. The third-order valence-electron chi connectivity index (χ3n) is 4.91. The smallest absolute Gasteiger partial charge is 0.222 e. The van der Waals surface area contributed by atoms with Gasteiger partial charge in [-0.2, -0.15) is 0 Å². The van der Waals surface area contributed by atoms with Crippen LogP contribution in [0.5, 0.6) is 0 Å². The van der Waals surface area contributed by atoms with Gasteiger partial charge in [-0.1, -0.05) is 0 Å². The SMILES string of the molecule is COCCn1ccnc1C1CCN(C(=O)CCc2scnc2C)CC1. The number of aromatic nitrogens is 3. The molecule has 0 saturated carbocycles. The van der Waals surface area contributed by atoms with Crippen LogP contribution in [-0.4, -0.2) is 52.1 Å². The van der Waals surface area contributed by atoms with Crippen LogP contribution in [0.15, 0.2) is 17.9 Å². The fraction of sp³-hybridized carbons (Fsp3) is 0.611. The molecule has 3 heterocycles. The van der Waals surface area contributed by atoms with Crippen molar-refractivity contribution < 1.29 is 9.53 Å². The molecule has 1 amide bonds. The van der Waals surface area contributed by atoms with Crippen molar-refractivity contribution in [3.63, 3.8) is 0 Å². The van der Waals surface area contributed by atoms with E-state index in [2.05, 4.69) is 14.5 Å². The Morgan fingerprint density at radius 2 is 2.16 bits per heavy atom. The van der Waals surface area contributed by atoms with E-state index in [0.29, 0.717) is 18.9 Å². The highest BCUT2D eigenvalue weighted by molar-refractivity contribution is 7.09. The molecule has 1 aliphatic heterocycles. The van der Waals surface area contributed by atoms with E-state index in [9.17, 15) is 4.79 Å². The standard InChI is InChI=1S/C18H26N4O2S/c1-14-16(25-13-20-14)3-4-17(23)21-8-5-15(6-9-21)18-19-7-10-22(18)11-12-24-2/h7,10,13,15H,3-6,8-9,11-12H2,1-2H3. The number of aryl methyl sites for hydroxylation is 2. The first-order valence-corrected chi connectivity index (χ1v) is 9.73. The van der Waals surface area contributed by atoms with Crippen LogP contribution in [0.4, 0.5) is 0 Å². The van der Waals surface area contributed by atoms with Crippen molar-refractivity contribution >= 4 is 17.2 Å². The zero-order chi connectivity index (χ0) is 17.6. The number of hydrogen-bond donors (Lipinski definition) is 0. The van der Waals surface area contributed by atoms with E-state index in [1.807, 2.05) is 29.7 Å². The number of carbonyl (C=O) groups excluding carboxylic acids is 1. The summed E-state index contributed by atoms with van der Waals surface area (Å²) in [7, 11) is 1.72. The lowest BCUT2D eigenvalue weighted by atomic mass is 9.95. The summed E-state index contributed by atoms with van der Waals surface area (Å²) >= 11 is 1.64. The van der Waals surface area contributed by atoms with Crippen molar-refractivity contribution in [3.05, 3.63) is 34.3 Å². The maximum Gasteiger partial charge on any atom is 0.222 e. The van der Waals surface area contributed by atoms with Crippen molar-refractivity contribution in [2.75, 3.05) is 26.8 Å². The molecule has 136 valence electrons. The second kappa shape index (κ2) is 8.58. The third-order valence-corrected chi connectivity index (χ3v) is 5.90. The van der Waals surface area contributed by atoms with Gasteiger partial charge in [-0.25, -0.2) is 9.97 Å². The predicted octanol–water partition coefficient (Wildman–Crippen LogP) is 2.63. The molecule has 7 heteroatoms. The summed E-state index contributed by atoms with van der Waals surface area (Å²) in [5.41, 5.74) is 2.91. The monoisotopic (exact) mass is 362 g/mol. The molecule has 1 fully saturated rings. The van der Waals surface area contributed by atoms with Crippen LogP contribution < -0.4 is 0 Å². The van der Waals surface area contributed by atoms with E-state index in [0.717, 1.165) is 50.4 Å². The number of imidazole rings is 1. The maximum atomic E-state index is 12.5. The quantitative estimate of drug-likeness (QED) is 0.760. The summed E-state index contributed by atoms with van der Waals surface area (Å²) in [5.74, 6) is 1.82. The van der Waals surface area contributed by atoms with Crippen LogP contribution in [0.1, 0.15) is 41.6 Å². The van der Waals surface area contributed by atoms with E-state index in [-0.39, 0.29) is 5.91 Å². The van der Waals surface area contributed by atoms with Gasteiger partial charge in [-0.05, 0) is 26.2 Å². The van der Waals surface area contributed by atoms with E-state index < -0.39 is 0 Å². The van der Waals surface area contributed by atoms with Crippen LogP contribution in [-0.2, 0) is 22.5 Å². The molecule has 0 bridgehead atoms. The lowest BCUT2D eigenvalue weighted by Gasteiger charge is -2.32. The number of amides is 1. The molecule has 1 saturated heterocycles. The second-order valence-corrected chi connectivity index (χ2v) is 7.43. The van der Waals surface area contributed by atoms with Crippen LogP contribution in [0.3, 0.4) is 0 Å². The Labute approximate surface area is 152 Å². The van der Waals surface area contributed by atoms with Crippen molar-refractivity contribution in [2.24, 2.45) is 0 Å². The first kappa shape index (κ1) is 18.1. The lowest BCUT2D eigenvalue weighted by molar-refractivity contribution is -0.132. The maximum absolute atomic E-state index is 12.5. The van der Waals surface area contributed by atoms with Crippen LogP contribution in [0.25, 0.3) is 0 Å². The number of hydrogen-bond acceptors (Lipinski definition) is 5. The summed E-state index contributed by atoms with van der Waals surface area (Å²) in [5, 5.41) is 0. The highest BCUT2D eigenvalue weighted by atomic mass is 32.1. The molecular weight excluding hydrogens is 336 g/mol. The molecule has 0 aliphatic carbocycles. The molecule has 0 unspecified atom stereocenters. The normalized spacial score (nSPS) is 15.7. The summed E-state index contributed by atoms with van der Waals surface area (Å²) in [6.07, 6.45) is 7.22. The largest absolute Gasteiger partial charge is 0.383 e. The molecule has 2 aromatic rings. The minimum Gasteiger partial charge on any atom is -0.383 e. The molecule has 3 rings (SSSR count). The van der Waals surface area contributed by atoms with Crippen LogP contribution in [0.2, 0.25) is 0 Å². The van der Waals surface area contributed by atoms with Gasteiger partial charge in [0.2, 0.25) is 5.91 Å². The Morgan fingerprint density at radius 1 is 1.36 bits per heavy atom. The van der Waals surface area contributed by atoms with Gasteiger partial charge < -0.3 is 14.2 Å². The molecule has 0 radical (unpaired) electrons. The zero-order valence-electron chi connectivity index (χ0n) is 15.0. The van der Waals surface area contributed by atoms with Crippen molar-refractivity contribution in [2.45, 2.75) is 45.1 Å². The molecule has 0 atom stereocenters. The van der Waals surface area contributed by atoms with E-state index in [4.69, 9.17) is 4.74 Å². The Bertz CT molecular complexity index is 689. The average molecular weight is 362 g/mol. The Kier molecular flexibility index (Phi) is 6.20. The second-order valence-electron chi connectivity index (χ2n) is 6.49.